The van der Waals surface area contributed by atoms with Gasteiger partial charge in [-0.2, -0.15) is 0 Å². The summed E-state index contributed by atoms with van der Waals surface area (Å²) in [6.07, 6.45) is 3.01. The van der Waals surface area contributed by atoms with E-state index in [2.05, 4.69) is 10.3 Å². The van der Waals surface area contributed by atoms with Crippen LogP contribution in [0.4, 0.5) is 4.39 Å². The monoisotopic (exact) mass is 318 g/mol. The summed E-state index contributed by atoms with van der Waals surface area (Å²) in [6, 6.07) is 4.65. The molecule has 5 heteroatoms. The molecule has 3 rings (SSSR count). The molecule has 1 heterocycles. The van der Waals surface area contributed by atoms with Gasteiger partial charge in [-0.25, -0.2) is 4.39 Å². The van der Waals surface area contributed by atoms with E-state index in [0.29, 0.717) is 34.7 Å². The van der Waals surface area contributed by atoms with Gasteiger partial charge in [-0.05, 0) is 61.6 Å². The number of pyridine rings is 1. The molecular weight excluding hydrogens is 303 g/mol. The summed E-state index contributed by atoms with van der Waals surface area (Å²) in [5.41, 5.74) is 3.58. The van der Waals surface area contributed by atoms with E-state index < -0.39 is 0 Å². The number of rotatable bonds is 2. The first-order valence-electron chi connectivity index (χ1n) is 7.17. The molecule has 0 aliphatic heterocycles. The lowest BCUT2D eigenvalue weighted by Gasteiger charge is -2.15. The van der Waals surface area contributed by atoms with E-state index in [1.165, 1.54) is 6.07 Å². The fourth-order valence-corrected chi connectivity index (χ4v) is 3.11. The number of aryl methyl sites for hydroxylation is 2. The molecule has 0 fully saturated rings. The number of fused-ring (bicyclic) bond motifs is 1. The number of hydrogen-bond donors (Lipinski definition) is 1. The first-order chi connectivity index (χ1) is 10.5. The third-order valence-corrected chi connectivity index (χ3v) is 4.24. The predicted molar refractivity (Wildman–Crippen MR) is 83.6 cm³/mol. The van der Waals surface area contributed by atoms with Crippen molar-refractivity contribution in [1.82, 2.24) is 10.3 Å². The van der Waals surface area contributed by atoms with E-state index in [0.717, 1.165) is 11.1 Å². The van der Waals surface area contributed by atoms with Crippen molar-refractivity contribution < 1.29 is 9.18 Å². The standard InChI is InChI=1S/C17H16ClFN2O/c1-9-5-13(10(2)20-8-9)17(22)21-16-4-3-12-14(16)6-11(18)7-15(12)19/h5-8,16H,3-4H2,1-2H3,(H,21,22)/t16-/m1/s1. The number of carbonyl (C=O) groups is 1. The highest BCUT2D eigenvalue weighted by Gasteiger charge is 2.27. The average Bonchev–Trinajstić information content (AvgIpc) is 2.85. The molecule has 3 nitrogen and oxygen atoms in total. The molecule has 22 heavy (non-hydrogen) atoms. The van der Waals surface area contributed by atoms with Crippen LogP contribution in [-0.4, -0.2) is 10.9 Å². The molecule has 2 aromatic rings. The second kappa shape index (κ2) is 5.69. The van der Waals surface area contributed by atoms with Gasteiger partial charge in [0, 0.05) is 16.9 Å². The molecule has 0 radical (unpaired) electrons. The van der Waals surface area contributed by atoms with Crippen LogP contribution in [0.15, 0.2) is 24.4 Å². The molecule has 0 saturated carbocycles. The summed E-state index contributed by atoms with van der Waals surface area (Å²) in [5, 5.41) is 3.32. The molecule has 1 aromatic heterocycles. The Bertz CT molecular complexity index is 761. The summed E-state index contributed by atoms with van der Waals surface area (Å²) in [4.78, 5) is 16.7. The fraction of sp³-hybridized carbons (Fsp3) is 0.294. The van der Waals surface area contributed by atoms with Crippen LogP contribution in [-0.2, 0) is 6.42 Å². The van der Waals surface area contributed by atoms with Crippen LogP contribution in [0.1, 0.15) is 45.2 Å². The number of nitrogens with one attached hydrogen (secondary N) is 1. The van der Waals surface area contributed by atoms with Gasteiger partial charge in [-0.15, -0.1) is 0 Å². The molecule has 1 amide bonds. The van der Waals surface area contributed by atoms with E-state index in [4.69, 9.17) is 11.6 Å². The van der Waals surface area contributed by atoms with Crippen LogP contribution in [0.3, 0.4) is 0 Å². The summed E-state index contributed by atoms with van der Waals surface area (Å²) in [6.45, 7) is 3.69. The summed E-state index contributed by atoms with van der Waals surface area (Å²) in [5.74, 6) is -0.486. The summed E-state index contributed by atoms with van der Waals surface area (Å²) in [7, 11) is 0. The van der Waals surface area contributed by atoms with Crippen molar-refractivity contribution in [3.05, 3.63) is 63.2 Å². The minimum absolute atomic E-state index is 0.188. The molecule has 1 atom stereocenters. The summed E-state index contributed by atoms with van der Waals surface area (Å²) >= 11 is 5.93. The average molecular weight is 319 g/mol. The smallest absolute Gasteiger partial charge is 0.253 e. The Balaban J connectivity index is 1.87. The normalized spacial score (nSPS) is 16.5. The van der Waals surface area contributed by atoms with Crippen LogP contribution < -0.4 is 5.32 Å². The van der Waals surface area contributed by atoms with Gasteiger partial charge in [0.1, 0.15) is 5.82 Å². The van der Waals surface area contributed by atoms with E-state index in [1.807, 2.05) is 13.0 Å². The molecule has 1 N–H and O–H groups in total. The number of nitrogens with zero attached hydrogens (tertiary/aromatic N) is 1. The van der Waals surface area contributed by atoms with Gasteiger partial charge in [0.25, 0.3) is 5.91 Å². The van der Waals surface area contributed by atoms with Crippen molar-refractivity contribution in [1.29, 1.82) is 0 Å². The Labute approximate surface area is 133 Å². The molecule has 0 spiro atoms. The number of carbonyl (C=O) groups excluding carboxylic acids is 1. The van der Waals surface area contributed by atoms with E-state index in [-0.39, 0.29) is 17.8 Å². The number of halogens is 2. The topological polar surface area (TPSA) is 42.0 Å². The van der Waals surface area contributed by atoms with Crippen LogP contribution in [0.25, 0.3) is 0 Å². The molecule has 114 valence electrons. The molecular formula is C17H16ClFN2O. The van der Waals surface area contributed by atoms with Gasteiger partial charge >= 0.3 is 0 Å². The highest BCUT2D eigenvalue weighted by atomic mass is 35.5. The SMILES string of the molecule is Cc1cnc(C)c(C(=O)N[C@@H]2CCc3c(F)cc(Cl)cc32)c1. The number of aromatic nitrogens is 1. The quantitative estimate of drug-likeness (QED) is 0.912. The van der Waals surface area contributed by atoms with E-state index in [9.17, 15) is 9.18 Å². The van der Waals surface area contributed by atoms with Crippen molar-refractivity contribution in [2.75, 3.05) is 0 Å². The van der Waals surface area contributed by atoms with Gasteiger partial charge in [0.15, 0.2) is 0 Å². The Kier molecular flexibility index (Phi) is 3.87. The third kappa shape index (κ3) is 2.71. The van der Waals surface area contributed by atoms with Crippen molar-refractivity contribution in [3.8, 4) is 0 Å². The predicted octanol–water partition coefficient (Wildman–Crippen LogP) is 3.91. The molecule has 1 aliphatic carbocycles. The lowest BCUT2D eigenvalue weighted by molar-refractivity contribution is 0.0935. The Morgan fingerprint density at radius 3 is 2.91 bits per heavy atom. The van der Waals surface area contributed by atoms with Crippen LogP contribution >= 0.6 is 11.6 Å². The van der Waals surface area contributed by atoms with E-state index >= 15 is 0 Å². The number of benzene rings is 1. The van der Waals surface area contributed by atoms with Crippen LogP contribution in [0.2, 0.25) is 5.02 Å². The lowest BCUT2D eigenvalue weighted by atomic mass is 10.1. The second-order valence-electron chi connectivity index (χ2n) is 5.67. The highest BCUT2D eigenvalue weighted by Crippen LogP contribution is 2.35. The molecule has 0 saturated heterocycles. The molecule has 0 unspecified atom stereocenters. The van der Waals surface area contributed by atoms with Gasteiger partial charge in [-0.1, -0.05) is 11.6 Å². The Morgan fingerprint density at radius 2 is 2.14 bits per heavy atom. The van der Waals surface area contributed by atoms with Crippen molar-refractivity contribution >= 4 is 17.5 Å². The van der Waals surface area contributed by atoms with Crippen molar-refractivity contribution in [3.63, 3.8) is 0 Å². The maximum atomic E-state index is 13.9. The zero-order valence-corrected chi connectivity index (χ0v) is 13.2. The number of amides is 1. The Hall–Kier alpha value is -1.94. The zero-order chi connectivity index (χ0) is 15.9. The first-order valence-corrected chi connectivity index (χ1v) is 7.55. The maximum Gasteiger partial charge on any atom is 0.253 e. The molecule has 1 aromatic carbocycles. The third-order valence-electron chi connectivity index (χ3n) is 4.03. The summed E-state index contributed by atoms with van der Waals surface area (Å²) < 4.78 is 13.9. The molecule has 0 bridgehead atoms. The van der Waals surface area contributed by atoms with Crippen molar-refractivity contribution in [2.45, 2.75) is 32.7 Å². The highest BCUT2D eigenvalue weighted by molar-refractivity contribution is 6.30. The minimum atomic E-state index is -0.298. The first kappa shape index (κ1) is 15.0. The van der Waals surface area contributed by atoms with Crippen LogP contribution in [0, 0.1) is 19.7 Å². The van der Waals surface area contributed by atoms with Gasteiger partial charge in [-0.3, -0.25) is 9.78 Å². The van der Waals surface area contributed by atoms with Gasteiger partial charge < -0.3 is 5.32 Å². The van der Waals surface area contributed by atoms with Crippen molar-refractivity contribution in [2.24, 2.45) is 0 Å². The number of hydrogen-bond acceptors (Lipinski definition) is 2. The second-order valence-corrected chi connectivity index (χ2v) is 6.10. The van der Waals surface area contributed by atoms with Crippen LogP contribution in [0.5, 0.6) is 0 Å². The molecule has 1 aliphatic rings. The largest absolute Gasteiger partial charge is 0.345 e. The maximum absolute atomic E-state index is 13.9. The Morgan fingerprint density at radius 1 is 1.36 bits per heavy atom. The fourth-order valence-electron chi connectivity index (χ4n) is 2.90. The van der Waals surface area contributed by atoms with Gasteiger partial charge in [0.2, 0.25) is 0 Å². The van der Waals surface area contributed by atoms with Gasteiger partial charge in [0.05, 0.1) is 11.6 Å². The van der Waals surface area contributed by atoms with E-state index in [1.54, 1.807) is 19.2 Å². The zero-order valence-electron chi connectivity index (χ0n) is 12.4. The lowest BCUT2D eigenvalue weighted by Crippen LogP contribution is -2.28. The minimum Gasteiger partial charge on any atom is -0.345 e.